The summed E-state index contributed by atoms with van der Waals surface area (Å²) >= 11 is 0. The lowest BCUT2D eigenvalue weighted by Crippen LogP contribution is -2.53. The van der Waals surface area contributed by atoms with Gasteiger partial charge in [0.2, 0.25) is 11.8 Å². The van der Waals surface area contributed by atoms with Crippen molar-refractivity contribution in [1.29, 1.82) is 0 Å². The van der Waals surface area contributed by atoms with Crippen molar-refractivity contribution in [3.8, 4) is 22.3 Å². The number of benzene rings is 4. The normalized spacial score (nSPS) is 20.6. The molecule has 4 atom stereocenters. The molecule has 0 unspecified atom stereocenters. The molecule has 4 fully saturated rings. The molecule has 16 nitrogen and oxygen atoms in total. The van der Waals surface area contributed by atoms with Gasteiger partial charge in [0.25, 0.3) is 0 Å². The molecule has 10 rings (SSSR count). The van der Waals surface area contributed by atoms with Crippen molar-refractivity contribution in [3.05, 3.63) is 84.4 Å². The van der Waals surface area contributed by atoms with E-state index in [9.17, 15) is 29.4 Å². The molecule has 16 heteroatoms. The highest BCUT2D eigenvalue weighted by Crippen LogP contribution is 2.38. The van der Waals surface area contributed by atoms with Gasteiger partial charge in [-0.1, -0.05) is 36.4 Å². The molecule has 0 bridgehead atoms. The van der Waals surface area contributed by atoms with Crippen molar-refractivity contribution in [1.82, 2.24) is 39.5 Å². The summed E-state index contributed by atoms with van der Waals surface area (Å²) in [6.45, 7) is 3.17. The third kappa shape index (κ3) is 8.21. The Morgan fingerprint density at radius 3 is 1.35 bits per heavy atom. The number of carbonyl (C=O) groups is 4. The fourth-order valence-electron chi connectivity index (χ4n) is 11.0. The summed E-state index contributed by atoms with van der Waals surface area (Å²) in [4.78, 5) is 75.5. The maximum atomic E-state index is 14.2. The number of H-pyrrole nitrogens is 2. The quantitative estimate of drug-likeness (QED) is 0.104. The van der Waals surface area contributed by atoms with Crippen molar-refractivity contribution >= 4 is 56.8 Å². The van der Waals surface area contributed by atoms with Gasteiger partial charge >= 0.3 is 12.2 Å². The number of carbonyl (C=O) groups excluding carboxylic acids is 2. The monoisotopic (exact) mass is 896 g/mol. The van der Waals surface area contributed by atoms with Crippen molar-refractivity contribution in [3.63, 3.8) is 0 Å². The number of carboxylic acid groups (broad SMARTS) is 2. The Balaban J connectivity index is 0.856. The summed E-state index contributed by atoms with van der Waals surface area (Å²) < 4.78 is 11.1. The van der Waals surface area contributed by atoms with Gasteiger partial charge in [-0.25, -0.2) is 19.6 Å². The molecule has 0 saturated carbocycles. The van der Waals surface area contributed by atoms with E-state index in [1.165, 1.54) is 23.9 Å². The lowest BCUT2D eigenvalue weighted by molar-refractivity contribution is -0.141. The Hall–Kier alpha value is -6.52. The molecule has 2 aromatic heterocycles. The van der Waals surface area contributed by atoms with E-state index < -0.39 is 24.3 Å². The van der Waals surface area contributed by atoms with Crippen LogP contribution >= 0.6 is 0 Å². The molecule has 4 aliphatic rings. The lowest BCUT2D eigenvalue weighted by atomic mass is 9.89. The highest BCUT2D eigenvalue weighted by atomic mass is 16.5. The number of likely N-dealkylation sites (tertiary alicyclic amines) is 2. The molecule has 0 spiro atoms. The van der Waals surface area contributed by atoms with Gasteiger partial charge in [0, 0.05) is 53.6 Å². The molecular weight excluding hydrogens is 841 g/mol. The minimum atomic E-state index is -1.11. The Morgan fingerprint density at radius 2 is 0.955 bits per heavy atom. The maximum absolute atomic E-state index is 14.2. The van der Waals surface area contributed by atoms with Crippen LogP contribution in [-0.2, 0) is 19.1 Å². The van der Waals surface area contributed by atoms with Crippen LogP contribution in [0.2, 0.25) is 0 Å². The third-order valence-corrected chi connectivity index (χ3v) is 14.6. The SMILES string of the molecule is CN(C(=O)O)[C@H](C(=O)N1CCC[C@H]1c1nc2ccc(-c3ccc4cc(-c5ccc6nc([C@@H]7CCCN7C(=O)[C@H](C7CCOCC7)N(C)C(=O)O)[nH]c6c5)ccc4c3)cc2[nH]1)C1CCOCC1. The number of hydrogen-bond donors (Lipinski definition) is 4. The van der Waals surface area contributed by atoms with E-state index in [1.807, 2.05) is 21.9 Å². The largest absolute Gasteiger partial charge is 0.465 e. The minimum Gasteiger partial charge on any atom is -0.465 e. The minimum absolute atomic E-state index is 0.102. The van der Waals surface area contributed by atoms with E-state index in [2.05, 4.69) is 70.6 Å². The highest BCUT2D eigenvalue weighted by molar-refractivity contribution is 5.93. The molecule has 344 valence electrons. The van der Waals surface area contributed by atoms with Crippen LogP contribution in [0, 0.1) is 11.8 Å². The first kappa shape index (κ1) is 43.4. The molecule has 6 heterocycles. The summed E-state index contributed by atoms with van der Waals surface area (Å²) in [6, 6.07) is 23.1. The van der Waals surface area contributed by atoms with Gasteiger partial charge in [-0.3, -0.25) is 19.4 Å². The van der Waals surface area contributed by atoms with E-state index in [1.54, 1.807) is 0 Å². The average Bonchev–Trinajstić information content (AvgIpc) is 4.18. The second-order valence-electron chi connectivity index (χ2n) is 18.4. The number of imidazole rings is 2. The first-order chi connectivity index (χ1) is 32.0. The number of nitrogens with one attached hydrogen (secondary N) is 2. The van der Waals surface area contributed by atoms with Crippen LogP contribution in [0.3, 0.4) is 0 Å². The number of aromatic amines is 2. The molecule has 0 radical (unpaired) electrons. The van der Waals surface area contributed by atoms with Gasteiger partial charge in [0.15, 0.2) is 0 Å². The third-order valence-electron chi connectivity index (χ3n) is 14.6. The van der Waals surface area contributed by atoms with E-state index in [0.29, 0.717) is 76.8 Å². The van der Waals surface area contributed by atoms with Crippen molar-refractivity contribution in [2.24, 2.45) is 11.8 Å². The number of rotatable bonds is 10. The second-order valence-corrected chi connectivity index (χ2v) is 18.4. The maximum Gasteiger partial charge on any atom is 0.407 e. The zero-order valence-electron chi connectivity index (χ0n) is 37.3. The zero-order valence-corrected chi connectivity index (χ0v) is 37.3. The Bertz CT molecular complexity index is 2620. The summed E-state index contributed by atoms with van der Waals surface area (Å²) in [5, 5.41) is 22.0. The van der Waals surface area contributed by atoms with E-state index in [-0.39, 0.29) is 35.7 Å². The van der Waals surface area contributed by atoms with Gasteiger partial charge in [-0.15, -0.1) is 0 Å². The van der Waals surface area contributed by atoms with Crippen LogP contribution in [0.5, 0.6) is 0 Å². The van der Waals surface area contributed by atoms with Crippen LogP contribution in [0.1, 0.15) is 75.1 Å². The van der Waals surface area contributed by atoms with Crippen LogP contribution in [-0.4, -0.2) is 139 Å². The van der Waals surface area contributed by atoms with Crippen molar-refractivity contribution in [2.45, 2.75) is 75.5 Å². The molecule has 66 heavy (non-hydrogen) atoms. The standard InChI is InChI=1S/C50H56N8O8/c1-55(49(61)62)43(29-15-21-65-22-16-29)47(59)57-19-3-5-41(57)45-51-37-13-11-35(27-39(37)53-45)33-9-7-32-26-34(10-8-31(32)25-33)36-12-14-38-40(28-36)54-46(52-38)42-6-4-20-58(42)48(60)44(56(2)50(63)64)30-17-23-66-24-18-30/h7-14,25-30,41-44H,3-6,15-24H2,1-2H3,(H,51,53)(H,52,54)(H,61,62)(H,63,64)/t41-,42-,43-,44-/m0/s1. The number of fused-ring (bicyclic) bond motifs is 3. The summed E-state index contributed by atoms with van der Waals surface area (Å²) in [7, 11) is 2.98. The first-order valence-corrected chi connectivity index (χ1v) is 23.2. The van der Waals surface area contributed by atoms with Crippen LogP contribution in [0.15, 0.2) is 72.8 Å². The Morgan fingerprint density at radius 1 is 0.576 bits per heavy atom. The number of hydrogen-bond acceptors (Lipinski definition) is 8. The van der Waals surface area contributed by atoms with E-state index >= 15 is 0 Å². The van der Waals surface area contributed by atoms with Gasteiger partial charge < -0.3 is 39.5 Å². The molecule has 4 amide bonds. The number of amides is 4. The second kappa shape index (κ2) is 18.0. The average molecular weight is 897 g/mol. The lowest BCUT2D eigenvalue weighted by Gasteiger charge is -2.37. The van der Waals surface area contributed by atoms with Gasteiger partial charge in [0.1, 0.15) is 23.7 Å². The number of nitrogens with zero attached hydrogens (tertiary/aromatic N) is 6. The van der Waals surface area contributed by atoms with Crippen molar-refractivity contribution < 1.29 is 38.9 Å². The summed E-state index contributed by atoms with van der Waals surface area (Å²) in [6.07, 6.45) is 3.45. The molecule has 0 aliphatic carbocycles. The Labute approximate surface area is 381 Å². The van der Waals surface area contributed by atoms with Gasteiger partial charge in [-0.05, 0) is 133 Å². The van der Waals surface area contributed by atoms with E-state index in [4.69, 9.17) is 19.4 Å². The molecule has 4 aromatic carbocycles. The fraction of sp³-hybridized carbons (Fsp3) is 0.440. The zero-order chi connectivity index (χ0) is 45.6. The number of ether oxygens (including phenoxy) is 2. The van der Waals surface area contributed by atoms with Gasteiger partial charge in [-0.2, -0.15) is 0 Å². The molecule has 4 saturated heterocycles. The number of aromatic nitrogens is 4. The van der Waals surface area contributed by atoms with E-state index in [0.717, 1.165) is 80.8 Å². The van der Waals surface area contributed by atoms with Crippen LogP contribution < -0.4 is 0 Å². The first-order valence-electron chi connectivity index (χ1n) is 23.2. The fourth-order valence-corrected chi connectivity index (χ4v) is 11.0. The summed E-state index contributed by atoms with van der Waals surface area (Å²) in [5.74, 6) is 0.877. The van der Waals surface area contributed by atoms with Crippen LogP contribution in [0.4, 0.5) is 9.59 Å². The van der Waals surface area contributed by atoms with Crippen molar-refractivity contribution in [2.75, 3.05) is 53.6 Å². The smallest absolute Gasteiger partial charge is 0.407 e. The highest BCUT2D eigenvalue weighted by Gasteiger charge is 2.44. The van der Waals surface area contributed by atoms with Crippen LogP contribution in [0.25, 0.3) is 55.1 Å². The summed E-state index contributed by atoms with van der Waals surface area (Å²) in [5.41, 5.74) is 7.53. The van der Waals surface area contributed by atoms with Gasteiger partial charge in [0.05, 0.1) is 34.2 Å². The molecule has 4 aliphatic heterocycles. The topological polar surface area (TPSA) is 198 Å². The molecular formula is C50H56N8O8. The predicted octanol–water partition coefficient (Wildman–Crippen LogP) is 8.06. The molecule has 4 N–H and O–H groups in total. The Kier molecular flexibility index (Phi) is 11.9. The number of likely N-dealkylation sites (N-methyl/N-ethyl adjacent to an activating group) is 2. The predicted molar refractivity (Wildman–Crippen MR) is 248 cm³/mol. The molecule has 6 aromatic rings.